The Morgan fingerprint density at radius 1 is 1.24 bits per heavy atom. The van der Waals surface area contributed by atoms with Gasteiger partial charge in [-0.1, -0.05) is 30.3 Å². The molecule has 0 saturated carbocycles. The smallest absolute Gasteiger partial charge is 0.335 e. The van der Waals surface area contributed by atoms with Gasteiger partial charge in [-0.3, -0.25) is 0 Å². The SMILES string of the molecule is Cc1cccc(C(=O)O)c1CC1[NH2+]CCC2c3ccccc3NC12.[Cl-]. The zero-order valence-electron chi connectivity index (χ0n) is 14.2. The summed E-state index contributed by atoms with van der Waals surface area (Å²) in [7, 11) is 0. The fourth-order valence-corrected chi connectivity index (χ4v) is 4.42. The molecule has 4 N–H and O–H groups in total. The normalized spacial score (nSPS) is 23.8. The summed E-state index contributed by atoms with van der Waals surface area (Å²) in [6.45, 7) is 3.11. The summed E-state index contributed by atoms with van der Waals surface area (Å²) < 4.78 is 0. The van der Waals surface area contributed by atoms with Crippen LogP contribution in [-0.2, 0) is 6.42 Å². The first-order chi connectivity index (χ1) is 11.6. The Kier molecular flexibility index (Phi) is 5.02. The van der Waals surface area contributed by atoms with Gasteiger partial charge in [-0.05, 0) is 35.7 Å². The lowest BCUT2D eigenvalue weighted by Gasteiger charge is -2.32. The van der Waals surface area contributed by atoms with Crippen LogP contribution in [-0.4, -0.2) is 29.7 Å². The van der Waals surface area contributed by atoms with E-state index in [1.54, 1.807) is 6.07 Å². The maximum absolute atomic E-state index is 11.6. The fourth-order valence-electron chi connectivity index (χ4n) is 4.42. The number of carboxylic acids is 1. The molecule has 4 rings (SSSR count). The molecule has 2 aliphatic heterocycles. The van der Waals surface area contributed by atoms with Crippen molar-refractivity contribution in [2.75, 3.05) is 11.9 Å². The highest BCUT2D eigenvalue weighted by atomic mass is 35.5. The maximum Gasteiger partial charge on any atom is 0.335 e. The monoisotopic (exact) mass is 358 g/mol. The van der Waals surface area contributed by atoms with Crippen molar-refractivity contribution in [1.29, 1.82) is 0 Å². The molecule has 2 aliphatic rings. The summed E-state index contributed by atoms with van der Waals surface area (Å²) in [5.74, 6) is -0.294. The highest BCUT2D eigenvalue weighted by molar-refractivity contribution is 5.89. The van der Waals surface area contributed by atoms with E-state index < -0.39 is 5.97 Å². The number of carbonyl (C=O) groups is 1. The molecule has 0 aliphatic carbocycles. The molecular formula is C20H23ClN2O2. The molecular weight excluding hydrogens is 336 g/mol. The second-order valence-electron chi connectivity index (χ2n) is 6.95. The van der Waals surface area contributed by atoms with Gasteiger partial charge in [0.25, 0.3) is 0 Å². The van der Waals surface area contributed by atoms with E-state index in [0.717, 1.165) is 24.1 Å². The molecule has 0 spiro atoms. The van der Waals surface area contributed by atoms with Crippen molar-refractivity contribution in [2.24, 2.45) is 0 Å². The average Bonchev–Trinajstić information content (AvgIpc) is 2.96. The third-order valence-electron chi connectivity index (χ3n) is 5.60. The minimum absolute atomic E-state index is 0. The Labute approximate surface area is 154 Å². The second-order valence-corrected chi connectivity index (χ2v) is 6.95. The van der Waals surface area contributed by atoms with Crippen LogP contribution in [0.25, 0.3) is 0 Å². The van der Waals surface area contributed by atoms with Crippen LogP contribution < -0.4 is 23.0 Å². The molecule has 0 bridgehead atoms. The summed E-state index contributed by atoms with van der Waals surface area (Å²) in [4.78, 5) is 11.6. The lowest BCUT2D eigenvalue weighted by Crippen LogP contribution is -3.00. The van der Waals surface area contributed by atoms with Gasteiger partial charge in [0.2, 0.25) is 0 Å². The van der Waals surface area contributed by atoms with Crippen LogP contribution in [0.2, 0.25) is 0 Å². The predicted octanol–water partition coefficient (Wildman–Crippen LogP) is -0.847. The molecule has 5 heteroatoms. The number of anilines is 1. The van der Waals surface area contributed by atoms with Crippen LogP contribution >= 0.6 is 0 Å². The van der Waals surface area contributed by atoms with Gasteiger partial charge in [-0.2, -0.15) is 0 Å². The number of piperidine rings is 1. The molecule has 1 fully saturated rings. The molecule has 3 unspecified atom stereocenters. The molecule has 0 amide bonds. The largest absolute Gasteiger partial charge is 1.00 e. The molecule has 0 radical (unpaired) electrons. The second kappa shape index (κ2) is 7.06. The van der Waals surface area contributed by atoms with Crippen LogP contribution in [0.5, 0.6) is 0 Å². The molecule has 3 atom stereocenters. The quantitative estimate of drug-likeness (QED) is 0.670. The van der Waals surface area contributed by atoms with E-state index in [4.69, 9.17) is 0 Å². The van der Waals surface area contributed by atoms with E-state index in [-0.39, 0.29) is 12.4 Å². The van der Waals surface area contributed by atoms with Gasteiger partial charge in [0.1, 0.15) is 6.04 Å². The molecule has 2 aromatic carbocycles. The topological polar surface area (TPSA) is 65.9 Å². The Morgan fingerprint density at radius 3 is 2.84 bits per heavy atom. The van der Waals surface area contributed by atoms with Gasteiger partial charge in [0, 0.05) is 24.4 Å². The van der Waals surface area contributed by atoms with E-state index in [1.165, 1.54) is 17.7 Å². The third kappa shape index (κ3) is 3.12. The minimum atomic E-state index is -0.830. The van der Waals surface area contributed by atoms with Gasteiger partial charge in [0.15, 0.2) is 0 Å². The first-order valence-electron chi connectivity index (χ1n) is 8.65. The van der Waals surface area contributed by atoms with E-state index >= 15 is 0 Å². The molecule has 1 saturated heterocycles. The number of para-hydroxylation sites is 1. The number of benzene rings is 2. The fraction of sp³-hybridized carbons (Fsp3) is 0.350. The van der Waals surface area contributed by atoms with Gasteiger partial charge in [0.05, 0.1) is 18.2 Å². The zero-order chi connectivity index (χ0) is 16.7. The number of hydrogen-bond donors (Lipinski definition) is 3. The summed E-state index contributed by atoms with van der Waals surface area (Å²) >= 11 is 0. The highest BCUT2D eigenvalue weighted by Gasteiger charge is 2.42. The van der Waals surface area contributed by atoms with Crippen molar-refractivity contribution in [3.05, 3.63) is 64.7 Å². The van der Waals surface area contributed by atoms with Crippen molar-refractivity contribution >= 4 is 11.7 Å². The number of fused-ring (bicyclic) bond motifs is 3. The number of aromatic carboxylic acids is 1. The van der Waals surface area contributed by atoms with Crippen molar-refractivity contribution < 1.29 is 27.6 Å². The number of halogens is 1. The van der Waals surface area contributed by atoms with Crippen LogP contribution in [0.1, 0.15) is 39.4 Å². The van der Waals surface area contributed by atoms with Crippen molar-refractivity contribution in [1.82, 2.24) is 0 Å². The molecule has 2 heterocycles. The van der Waals surface area contributed by atoms with Gasteiger partial charge in [-0.15, -0.1) is 0 Å². The molecule has 2 aromatic rings. The van der Waals surface area contributed by atoms with Crippen molar-refractivity contribution in [2.45, 2.75) is 37.8 Å². The summed E-state index contributed by atoms with van der Waals surface area (Å²) in [6.07, 6.45) is 1.96. The molecule has 25 heavy (non-hydrogen) atoms. The van der Waals surface area contributed by atoms with Crippen molar-refractivity contribution in [3.63, 3.8) is 0 Å². The third-order valence-corrected chi connectivity index (χ3v) is 5.60. The van der Waals surface area contributed by atoms with Crippen LogP contribution in [0.15, 0.2) is 42.5 Å². The van der Waals surface area contributed by atoms with Crippen LogP contribution in [0.4, 0.5) is 5.69 Å². The Bertz CT molecular complexity index is 793. The summed E-state index contributed by atoms with van der Waals surface area (Å²) in [5.41, 5.74) is 5.16. The first kappa shape index (κ1) is 17.8. The Morgan fingerprint density at radius 2 is 2.04 bits per heavy atom. The number of nitrogens with one attached hydrogen (secondary N) is 1. The van der Waals surface area contributed by atoms with Gasteiger partial charge in [-0.25, -0.2) is 4.79 Å². The number of carboxylic acid groups (broad SMARTS) is 1. The highest BCUT2D eigenvalue weighted by Crippen LogP contribution is 2.40. The number of aryl methyl sites for hydroxylation is 1. The van der Waals surface area contributed by atoms with Gasteiger partial charge >= 0.3 is 5.97 Å². The summed E-state index contributed by atoms with van der Waals surface area (Å²) in [6, 6.07) is 14.9. The van der Waals surface area contributed by atoms with E-state index in [0.29, 0.717) is 23.6 Å². The number of nitrogens with two attached hydrogens (primary N) is 1. The minimum Gasteiger partial charge on any atom is -1.00 e. The first-order valence-corrected chi connectivity index (χ1v) is 8.65. The number of quaternary nitrogens is 1. The van der Waals surface area contributed by atoms with Crippen LogP contribution in [0.3, 0.4) is 0 Å². The number of hydrogen-bond acceptors (Lipinski definition) is 2. The van der Waals surface area contributed by atoms with E-state index in [1.807, 2.05) is 19.1 Å². The molecule has 132 valence electrons. The Hall–Kier alpha value is -2.04. The lowest BCUT2D eigenvalue weighted by molar-refractivity contribution is -0.698. The van der Waals surface area contributed by atoms with Crippen molar-refractivity contribution in [3.8, 4) is 0 Å². The maximum atomic E-state index is 11.6. The molecule has 0 aromatic heterocycles. The van der Waals surface area contributed by atoms with Crippen LogP contribution in [0, 0.1) is 6.92 Å². The summed E-state index contributed by atoms with van der Waals surface area (Å²) in [5, 5.41) is 15.6. The predicted molar refractivity (Wildman–Crippen MR) is 93.6 cm³/mol. The Balaban J connectivity index is 0.00000182. The molecule has 4 nitrogen and oxygen atoms in total. The zero-order valence-corrected chi connectivity index (χ0v) is 15.0. The standard InChI is InChI=1S/C20H22N2O2.ClH/c1-12-5-4-7-15(20(23)24)16(12)11-18-19-14(9-10-21-18)13-6-2-3-8-17(13)22-19;/h2-8,14,18-19,21-22H,9-11H2,1H3,(H,23,24);1H. The van der Waals surface area contributed by atoms with Gasteiger partial charge < -0.3 is 28.1 Å². The van der Waals surface area contributed by atoms with E-state index in [2.05, 4.69) is 34.9 Å². The van der Waals surface area contributed by atoms with E-state index in [9.17, 15) is 9.90 Å². The number of rotatable bonds is 3. The average molecular weight is 359 g/mol. The lowest BCUT2D eigenvalue weighted by atomic mass is 9.81.